The summed E-state index contributed by atoms with van der Waals surface area (Å²) in [7, 11) is 0. The second kappa shape index (κ2) is 4.83. The van der Waals surface area contributed by atoms with Gasteiger partial charge in [0.15, 0.2) is 5.82 Å². The summed E-state index contributed by atoms with van der Waals surface area (Å²) in [6.45, 7) is 8.07. The van der Waals surface area contributed by atoms with Gasteiger partial charge in [0.1, 0.15) is 16.2 Å². The number of benzene rings is 1. The summed E-state index contributed by atoms with van der Waals surface area (Å²) in [5.41, 5.74) is 4.33. The lowest BCUT2D eigenvalue weighted by Gasteiger charge is -2.09. The molecule has 5 heteroatoms. The number of anilines is 2. The highest BCUT2D eigenvalue weighted by Gasteiger charge is 2.11. The lowest BCUT2D eigenvalue weighted by Crippen LogP contribution is -1.99. The van der Waals surface area contributed by atoms with Crippen molar-refractivity contribution in [3.05, 3.63) is 40.2 Å². The number of nitrogens with one attached hydrogen (secondary N) is 1. The molecule has 4 nitrogen and oxygen atoms in total. The Morgan fingerprint density at radius 2 is 1.60 bits per heavy atom. The molecule has 0 radical (unpaired) electrons. The van der Waals surface area contributed by atoms with Gasteiger partial charge in [0.2, 0.25) is 0 Å². The van der Waals surface area contributed by atoms with E-state index in [1.807, 2.05) is 13.8 Å². The van der Waals surface area contributed by atoms with E-state index in [1.165, 1.54) is 11.1 Å². The molecule has 1 N–H and O–H groups in total. The van der Waals surface area contributed by atoms with Crippen LogP contribution in [-0.2, 0) is 0 Å². The van der Waals surface area contributed by atoms with Crippen molar-refractivity contribution in [3.63, 3.8) is 0 Å². The third kappa shape index (κ3) is 2.49. The fourth-order valence-electron chi connectivity index (χ4n) is 2.30. The first-order chi connectivity index (χ1) is 9.51. The quantitative estimate of drug-likeness (QED) is 0.771. The van der Waals surface area contributed by atoms with Gasteiger partial charge >= 0.3 is 0 Å². The van der Waals surface area contributed by atoms with Gasteiger partial charge in [-0.2, -0.15) is 0 Å². The molecule has 102 valence electrons. The summed E-state index contributed by atoms with van der Waals surface area (Å²) in [5.74, 6) is 1.54. The standard InChI is InChI=1S/C15H16N4S/c1-8-5-9(2)7-12(6-8)19-14-13-15(17-10(3)16-14)20-11(4)18-13/h5-7H,1-4H3,(H,16,17,19). The molecule has 0 amide bonds. The molecular formula is C15H16N4S. The number of fused-ring (bicyclic) bond motifs is 1. The van der Waals surface area contributed by atoms with Gasteiger partial charge < -0.3 is 5.32 Å². The summed E-state index contributed by atoms with van der Waals surface area (Å²) < 4.78 is 0. The van der Waals surface area contributed by atoms with Crippen LogP contribution in [0.15, 0.2) is 18.2 Å². The molecule has 0 atom stereocenters. The predicted octanol–water partition coefficient (Wildman–Crippen LogP) is 4.06. The van der Waals surface area contributed by atoms with E-state index < -0.39 is 0 Å². The zero-order valence-corrected chi connectivity index (χ0v) is 12.8. The van der Waals surface area contributed by atoms with E-state index in [9.17, 15) is 0 Å². The first-order valence-corrected chi connectivity index (χ1v) is 7.30. The molecule has 0 saturated carbocycles. The number of thiazole rings is 1. The molecule has 0 aliphatic heterocycles. The molecular weight excluding hydrogens is 268 g/mol. The van der Waals surface area contributed by atoms with E-state index in [-0.39, 0.29) is 0 Å². The predicted molar refractivity (Wildman–Crippen MR) is 83.9 cm³/mol. The van der Waals surface area contributed by atoms with Crippen LogP contribution in [-0.4, -0.2) is 15.0 Å². The lowest BCUT2D eigenvalue weighted by molar-refractivity contribution is 1.09. The van der Waals surface area contributed by atoms with Gasteiger partial charge in [0.25, 0.3) is 0 Å². The monoisotopic (exact) mass is 284 g/mol. The topological polar surface area (TPSA) is 50.7 Å². The van der Waals surface area contributed by atoms with Crippen molar-refractivity contribution in [2.24, 2.45) is 0 Å². The Morgan fingerprint density at radius 3 is 2.30 bits per heavy atom. The van der Waals surface area contributed by atoms with Crippen LogP contribution in [0.1, 0.15) is 22.0 Å². The van der Waals surface area contributed by atoms with Crippen molar-refractivity contribution in [1.82, 2.24) is 15.0 Å². The number of hydrogen-bond acceptors (Lipinski definition) is 5. The Labute approximate surface area is 121 Å². The van der Waals surface area contributed by atoms with Gasteiger partial charge in [-0.25, -0.2) is 15.0 Å². The number of hydrogen-bond donors (Lipinski definition) is 1. The molecule has 0 bridgehead atoms. The summed E-state index contributed by atoms with van der Waals surface area (Å²) in [6.07, 6.45) is 0. The maximum Gasteiger partial charge on any atom is 0.161 e. The van der Waals surface area contributed by atoms with Gasteiger partial charge in [-0.1, -0.05) is 17.4 Å². The largest absolute Gasteiger partial charge is 0.338 e. The molecule has 20 heavy (non-hydrogen) atoms. The Hall–Kier alpha value is -2.01. The minimum absolute atomic E-state index is 0.757. The molecule has 2 aromatic heterocycles. The Morgan fingerprint density at radius 1 is 0.900 bits per heavy atom. The molecule has 0 unspecified atom stereocenters. The van der Waals surface area contributed by atoms with Gasteiger partial charge in [-0.15, -0.1) is 0 Å². The number of aromatic nitrogens is 3. The minimum atomic E-state index is 0.757. The van der Waals surface area contributed by atoms with Crippen LogP contribution in [0.25, 0.3) is 10.3 Å². The van der Waals surface area contributed by atoms with E-state index in [0.29, 0.717) is 0 Å². The summed E-state index contributed by atoms with van der Waals surface area (Å²) in [6, 6.07) is 6.37. The maximum absolute atomic E-state index is 4.53. The van der Waals surface area contributed by atoms with Crippen molar-refractivity contribution >= 4 is 33.2 Å². The zero-order chi connectivity index (χ0) is 14.3. The first-order valence-electron chi connectivity index (χ1n) is 6.48. The molecule has 0 fully saturated rings. The molecule has 3 rings (SSSR count). The van der Waals surface area contributed by atoms with E-state index in [0.717, 1.165) is 32.7 Å². The fourth-order valence-corrected chi connectivity index (χ4v) is 3.14. The Bertz CT molecular complexity index is 772. The molecule has 3 aromatic rings. The lowest BCUT2D eigenvalue weighted by atomic mass is 10.1. The zero-order valence-electron chi connectivity index (χ0n) is 12.0. The van der Waals surface area contributed by atoms with Gasteiger partial charge in [0, 0.05) is 5.69 Å². The van der Waals surface area contributed by atoms with Crippen LogP contribution in [0.4, 0.5) is 11.5 Å². The van der Waals surface area contributed by atoms with Gasteiger partial charge in [0.05, 0.1) is 5.01 Å². The van der Waals surface area contributed by atoms with Crippen molar-refractivity contribution < 1.29 is 0 Å². The Kier molecular flexibility index (Phi) is 3.14. The van der Waals surface area contributed by atoms with E-state index in [1.54, 1.807) is 11.3 Å². The van der Waals surface area contributed by atoms with Crippen LogP contribution >= 0.6 is 11.3 Å². The molecule has 0 spiro atoms. The second-order valence-electron chi connectivity index (χ2n) is 5.01. The van der Waals surface area contributed by atoms with E-state index in [2.05, 4.69) is 52.3 Å². The molecule has 2 heterocycles. The van der Waals surface area contributed by atoms with Crippen molar-refractivity contribution in [2.45, 2.75) is 27.7 Å². The van der Waals surface area contributed by atoms with Crippen molar-refractivity contribution in [2.75, 3.05) is 5.32 Å². The number of nitrogens with zero attached hydrogens (tertiary/aromatic N) is 3. The van der Waals surface area contributed by atoms with Crippen LogP contribution in [0, 0.1) is 27.7 Å². The van der Waals surface area contributed by atoms with Gasteiger partial charge in [-0.3, -0.25) is 0 Å². The first kappa shape index (κ1) is 13.0. The third-order valence-corrected chi connectivity index (χ3v) is 3.83. The molecule has 0 saturated heterocycles. The normalized spacial score (nSPS) is 11.0. The smallest absolute Gasteiger partial charge is 0.161 e. The average Bonchev–Trinajstić information content (AvgIpc) is 2.68. The molecule has 0 aliphatic carbocycles. The highest BCUT2D eigenvalue weighted by Crippen LogP contribution is 2.27. The van der Waals surface area contributed by atoms with Gasteiger partial charge in [-0.05, 0) is 51.0 Å². The van der Waals surface area contributed by atoms with Crippen LogP contribution in [0.5, 0.6) is 0 Å². The Balaban J connectivity index is 2.09. The highest BCUT2D eigenvalue weighted by molar-refractivity contribution is 7.18. The summed E-state index contributed by atoms with van der Waals surface area (Å²) in [4.78, 5) is 14.4. The average molecular weight is 284 g/mol. The van der Waals surface area contributed by atoms with E-state index >= 15 is 0 Å². The SMILES string of the molecule is Cc1cc(C)cc(Nc2nc(C)nc3sc(C)nc23)c1. The maximum atomic E-state index is 4.53. The second-order valence-corrected chi connectivity index (χ2v) is 6.19. The molecule has 1 aromatic carbocycles. The summed E-state index contributed by atoms with van der Waals surface area (Å²) in [5, 5.41) is 4.38. The third-order valence-electron chi connectivity index (χ3n) is 2.96. The van der Waals surface area contributed by atoms with Crippen molar-refractivity contribution in [3.8, 4) is 0 Å². The van der Waals surface area contributed by atoms with E-state index in [4.69, 9.17) is 0 Å². The summed E-state index contributed by atoms with van der Waals surface area (Å²) >= 11 is 1.60. The molecule has 0 aliphatic rings. The highest BCUT2D eigenvalue weighted by atomic mass is 32.1. The van der Waals surface area contributed by atoms with Crippen LogP contribution in [0.3, 0.4) is 0 Å². The van der Waals surface area contributed by atoms with Crippen LogP contribution < -0.4 is 5.32 Å². The minimum Gasteiger partial charge on any atom is -0.338 e. The number of aryl methyl sites for hydroxylation is 4. The van der Waals surface area contributed by atoms with Crippen molar-refractivity contribution in [1.29, 1.82) is 0 Å². The van der Waals surface area contributed by atoms with Crippen LogP contribution in [0.2, 0.25) is 0 Å². The number of rotatable bonds is 2. The fraction of sp³-hybridized carbons (Fsp3) is 0.267.